The zero-order valence-electron chi connectivity index (χ0n) is 8.03. The van der Waals surface area contributed by atoms with Crippen LogP contribution in [0.15, 0.2) is 12.1 Å². The Morgan fingerprint density at radius 2 is 2.15 bits per heavy atom. The largest absolute Gasteiger partial charge is 0.479 e. The highest BCUT2D eigenvalue weighted by Gasteiger charge is 2.02. The van der Waals surface area contributed by atoms with Crippen molar-refractivity contribution in [1.82, 2.24) is 9.99 Å². The quantitative estimate of drug-likeness (QED) is 0.669. The van der Waals surface area contributed by atoms with E-state index in [0.29, 0.717) is 17.4 Å². The molecule has 5 nitrogen and oxygen atoms in total. The highest BCUT2D eigenvalue weighted by Crippen LogP contribution is 2.19. The van der Waals surface area contributed by atoms with Crippen LogP contribution in [-0.4, -0.2) is 31.2 Å². The minimum Gasteiger partial charge on any atom is -0.479 e. The highest BCUT2D eigenvalue weighted by atomic mass is 16.5. The molecule has 0 bridgehead atoms. The van der Waals surface area contributed by atoms with E-state index in [0.717, 1.165) is 0 Å². The van der Waals surface area contributed by atoms with Crippen molar-refractivity contribution in [2.24, 2.45) is 0 Å². The van der Waals surface area contributed by atoms with Gasteiger partial charge in [0.1, 0.15) is 5.82 Å². The number of nitrogen functional groups attached to an aromatic ring is 1. The van der Waals surface area contributed by atoms with Crippen LogP contribution in [0.1, 0.15) is 0 Å². The summed E-state index contributed by atoms with van der Waals surface area (Å²) in [6.45, 7) is 0. The molecule has 0 aliphatic rings. The van der Waals surface area contributed by atoms with Gasteiger partial charge in [0.2, 0.25) is 5.88 Å². The van der Waals surface area contributed by atoms with Gasteiger partial charge in [-0.3, -0.25) is 0 Å². The Morgan fingerprint density at radius 3 is 2.69 bits per heavy atom. The molecule has 0 spiro atoms. The smallest absolute Gasteiger partial charge is 0.238 e. The third-order valence-corrected chi connectivity index (χ3v) is 1.42. The van der Waals surface area contributed by atoms with Crippen LogP contribution < -0.4 is 15.9 Å². The van der Waals surface area contributed by atoms with E-state index in [1.165, 1.54) is 7.11 Å². The van der Waals surface area contributed by atoms with Gasteiger partial charge in [-0.25, -0.2) is 5.01 Å². The SMILES string of the molecule is COc1nc(NN(C)C)ccc1N. The molecule has 0 aromatic carbocycles. The molecular weight excluding hydrogens is 168 g/mol. The van der Waals surface area contributed by atoms with Gasteiger partial charge >= 0.3 is 0 Å². The summed E-state index contributed by atoms with van der Waals surface area (Å²) in [4.78, 5) is 4.13. The van der Waals surface area contributed by atoms with E-state index in [4.69, 9.17) is 10.5 Å². The van der Waals surface area contributed by atoms with Gasteiger partial charge in [0.05, 0.1) is 12.8 Å². The second kappa shape index (κ2) is 3.95. The Balaban J connectivity index is 2.86. The summed E-state index contributed by atoms with van der Waals surface area (Å²) in [5.41, 5.74) is 9.13. The molecule has 1 rings (SSSR count). The van der Waals surface area contributed by atoms with Gasteiger partial charge in [0.25, 0.3) is 0 Å². The Kier molecular flexibility index (Phi) is 2.92. The van der Waals surface area contributed by atoms with Crippen molar-refractivity contribution in [2.75, 3.05) is 32.4 Å². The molecule has 0 aliphatic heterocycles. The van der Waals surface area contributed by atoms with Crippen LogP contribution in [0.4, 0.5) is 11.5 Å². The van der Waals surface area contributed by atoms with Gasteiger partial charge in [-0.1, -0.05) is 0 Å². The molecule has 3 N–H and O–H groups in total. The van der Waals surface area contributed by atoms with E-state index < -0.39 is 0 Å². The summed E-state index contributed by atoms with van der Waals surface area (Å²) in [6, 6.07) is 3.54. The molecule has 0 radical (unpaired) electrons. The van der Waals surface area contributed by atoms with Crippen LogP contribution in [-0.2, 0) is 0 Å². The van der Waals surface area contributed by atoms with Crippen molar-refractivity contribution < 1.29 is 4.74 Å². The van der Waals surface area contributed by atoms with E-state index in [1.807, 2.05) is 14.1 Å². The predicted octanol–water partition coefficient (Wildman–Crippen LogP) is 0.561. The first kappa shape index (κ1) is 9.60. The van der Waals surface area contributed by atoms with Gasteiger partial charge in [0.15, 0.2) is 0 Å². The third-order valence-electron chi connectivity index (χ3n) is 1.42. The number of nitrogens with zero attached hydrogens (tertiary/aromatic N) is 2. The number of methoxy groups -OCH3 is 1. The maximum atomic E-state index is 5.60. The van der Waals surface area contributed by atoms with E-state index in [1.54, 1.807) is 17.1 Å². The van der Waals surface area contributed by atoms with E-state index in [-0.39, 0.29) is 0 Å². The fourth-order valence-electron chi connectivity index (χ4n) is 0.906. The number of nitrogens with two attached hydrogens (primary N) is 1. The zero-order chi connectivity index (χ0) is 9.84. The molecule has 13 heavy (non-hydrogen) atoms. The maximum Gasteiger partial charge on any atom is 0.238 e. The summed E-state index contributed by atoms with van der Waals surface area (Å²) in [5.74, 6) is 1.14. The number of ether oxygens (including phenoxy) is 1. The number of anilines is 2. The Morgan fingerprint density at radius 1 is 1.46 bits per heavy atom. The lowest BCUT2D eigenvalue weighted by molar-refractivity contribution is 0.399. The molecule has 0 saturated carbocycles. The lowest BCUT2D eigenvalue weighted by atomic mass is 10.4. The van der Waals surface area contributed by atoms with Crippen molar-refractivity contribution in [3.05, 3.63) is 12.1 Å². The van der Waals surface area contributed by atoms with Gasteiger partial charge < -0.3 is 15.9 Å². The fourth-order valence-corrected chi connectivity index (χ4v) is 0.906. The molecule has 1 aromatic heterocycles. The molecule has 0 atom stereocenters. The summed E-state index contributed by atoms with van der Waals surface area (Å²) in [5, 5.41) is 1.79. The summed E-state index contributed by atoms with van der Waals surface area (Å²) in [6.07, 6.45) is 0. The van der Waals surface area contributed by atoms with Gasteiger partial charge in [-0.15, -0.1) is 0 Å². The van der Waals surface area contributed by atoms with Crippen LogP contribution in [0.25, 0.3) is 0 Å². The number of hydrazine groups is 1. The normalized spacial score (nSPS) is 10.2. The predicted molar refractivity (Wildman–Crippen MR) is 52.5 cm³/mol. The standard InChI is InChI=1S/C8H14N4O/c1-12(2)11-7-5-4-6(9)8(10-7)13-3/h4-5H,9H2,1-3H3,(H,10,11). The number of hydrogen-bond acceptors (Lipinski definition) is 5. The van der Waals surface area contributed by atoms with E-state index in [2.05, 4.69) is 10.4 Å². The number of aromatic nitrogens is 1. The molecule has 1 aromatic rings. The fraction of sp³-hybridized carbons (Fsp3) is 0.375. The number of nitrogens with one attached hydrogen (secondary N) is 1. The Labute approximate surface area is 77.5 Å². The number of rotatable bonds is 3. The minimum atomic E-state index is 0.437. The molecule has 0 fully saturated rings. The van der Waals surface area contributed by atoms with Crippen molar-refractivity contribution >= 4 is 11.5 Å². The first-order valence-corrected chi connectivity index (χ1v) is 3.88. The third kappa shape index (κ3) is 2.48. The maximum absolute atomic E-state index is 5.60. The van der Waals surface area contributed by atoms with Crippen LogP contribution in [0.3, 0.4) is 0 Å². The lowest BCUT2D eigenvalue weighted by Crippen LogP contribution is -2.20. The first-order chi connectivity index (χ1) is 6.13. The first-order valence-electron chi connectivity index (χ1n) is 3.88. The average molecular weight is 182 g/mol. The summed E-state index contributed by atoms with van der Waals surface area (Å²) < 4.78 is 4.97. The Bertz CT molecular complexity index is 287. The number of hydrogen-bond donors (Lipinski definition) is 2. The second-order valence-corrected chi connectivity index (χ2v) is 2.80. The summed E-state index contributed by atoms with van der Waals surface area (Å²) in [7, 11) is 5.30. The van der Waals surface area contributed by atoms with Gasteiger partial charge in [-0.05, 0) is 12.1 Å². The van der Waals surface area contributed by atoms with Gasteiger partial charge in [0, 0.05) is 14.1 Å². The van der Waals surface area contributed by atoms with Crippen LogP contribution in [0.5, 0.6) is 5.88 Å². The molecule has 72 valence electrons. The van der Waals surface area contributed by atoms with E-state index >= 15 is 0 Å². The molecular formula is C8H14N4O. The van der Waals surface area contributed by atoms with Gasteiger partial charge in [-0.2, -0.15) is 4.98 Å². The molecule has 0 aliphatic carbocycles. The zero-order valence-corrected chi connectivity index (χ0v) is 8.03. The molecule has 5 heteroatoms. The van der Waals surface area contributed by atoms with Crippen LogP contribution >= 0.6 is 0 Å². The van der Waals surface area contributed by atoms with Crippen molar-refractivity contribution in [1.29, 1.82) is 0 Å². The van der Waals surface area contributed by atoms with Crippen LogP contribution in [0.2, 0.25) is 0 Å². The molecule has 0 amide bonds. The monoisotopic (exact) mass is 182 g/mol. The van der Waals surface area contributed by atoms with Crippen molar-refractivity contribution in [3.63, 3.8) is 0 Å². The second-order valence-electron chi connectivity index (χ2n) is 2.80. The molecule has 0 unspecified atom stereocenters. The molecule has 0 saturated heterocycles. The van der Waals surface area contributed by atoms with Crippen LogP contribution in [0, 0.1) is 0 Å². The highest BCUT2D eigenvalue weighted by molar-refractivity contribution is 5.53. The summed E-state index contributed by atoms with van der Waals surface area (Å²) >= 11 is 0. The lowest BCUT2D eigenvalue weighted by Gasteiger charge is -2.13. The topological polar surface area (TPSA) is 63.4 Å². The van der Waals surface area contributed by atoms with Crippen molar-refractivity contribution in [3.8, 4) is 5.88 Å². The van der Waals surface area contributed by atoms with Crippen molar-refractivity contribution in [2.45, 2.75) is 0 Å². The minimum absolute atomic E-state index is 0.437. The average Bonchev–Trinajstić information content (AvgIpc) is 2.07. The Hall–Kier alpha value is -1.49. The number of pyridine rings is 1. The molecule has 1 heterocycles. The van der Waals surface area contributed by atoms with E-state index in [9.17, 15) is 0 Å².